The zero-order valence-corrected chi connectivity index (χ0v) is 20.5. The third-order valence-electron chi connectivity index (χ3n) is 8.22. The van der Waals surface area contributed by atoms with Gasteiger partial charge >= 0.3 is 0 Å². The van der Waals surface area contributed by atoms with Gasteiger partial charge in [-0.1, -0.05) is 62.4 Å². The fourth-order valence-electron chi connectivity index (χ4n) is 6.18. The largest absolute Gasteiger partial charge is 0.462 e. The summed E-state index contributed by atoms with van der Waals surface area (Å²) in [4.78, 5) is 31.8. The molecule has 7 nitrogen and oxygen atoms in total. The number of hydrogen-bond donors (Lipinski definition) is 2. The molecule has 1 atom stereocenters. The highest BCUT2D eigenvalue weighted by atomic mass is 16.4. The van der Waals surface area contributed by atoms with E-state index in [-0.39, 0.29) is 18.4 Å². The first-order valence-electron chi connectivity index (χ1n) is 13.1. The van der Waals surface area contributed by atoms with Gasteiger partial charge in [0.25, 0.3) is 0 Å². The Labute approximate surface area is 207 Å². The molecular weight excluding hydrogens is 442 g/mol. The molecule has 2 saturated heterocycles. The normalized spacial score (nSPS) is 23.6. The first-order valence-corrected chi connectivity index (χ1v) is 13.1. The zero-order valence-electron chi connectivity index (χ0n) is 20.5. The van der Waals surface area contributed by atoms with Crippen LogP contribution < -0.4 is 5.32 Å². The molecule has 1 aromatic carbocycles. The summed E-state index contributed by atoms with van der Waals surface area (Å²) in [7, 11) is 0. The molecular formula is C28H37N3O4. The second kappa shape index (κ2) is 10.5. The monoisotopic (exact) mass is 479 g/mol. The quantitative estimate of drug-likeness (QED) is 0.634. The molecule has 3 fully saturated rings. The number of rotatable bonds is 7. The molecule has 3 aliphatic rings. The highest BCUT2D eigenvalue weighted by Gasteiger charge is 2.53. The first-order chi connectivity index (χ1) is 17.1. The molecule has 2 aliphatic heterocycles. The number of aliphatic hydroxyl groups excluding tert-OH is 1. The summed E-state index contributed by atoms with van der Waals surface area (Å²) in [5.74, 6) is 1.97. The number of piperidine rings is 1. The van der Waals surface area contributed by atoms with E-state index in [1.54, 1.807) is 6.07 Å². The van der Waals surface area contributed by atoms with Crippen molar-refractivity contribution in [1.82, 2.24) is 15.1 Å². The molecule has 1 aromatic heterocycles. The van der Waals surface area contributed by atoms with Crippen LogP contribution in [0, 0.1) is 5.92 Å². The van der Waals surface area contributed by atoms with Gasteiger partial charge in [-0.15, -0.1) is 0 Å². The molecule has 35 heavy (non-hydrogen) atoms. The number of aliphatic hydroxyl groups is 1. The number of carbonyl (C=O) groups excluding carboxylic acids is 2. The lowest BCUT2D eigenvalue weighted by atomic mass is 9.79. The van der Waals surface area contributed by atoms with E-state index in [1.807, 2.05) is 41.3 Å². The fourth-order valence-corrected chi connectivity index (χ4v) is 6.18. The van der Waals surface area contributed by atoms with Gasteiger partial charge in [0.2, 0.25) is 11.8 Å². The molecule has 5 rings (SSSR count). The maximum absolute atomic E-state index is 13.9. The lowest BCUT2D eigenvalue weighted by Gasteiger charge is -2.52. The number of amides is 2. The van der Waals surface area contributed by atoms with E-state index in [0.717, 1.165) is 30.6 Å². The molecule has 2 amide bonds. The lowest BCUT2D eigenvalue weighted by molar-refractivity contribution is -0.163. The molecule has 2 aromatic rings. The maximum atomic E-state index is 13.9. The Balaban J connectivity index is 1.33. The summed E-state index contributed by atoms with van der Waals surface area (Å²) in [6.45, 7) is 2.39. The number of nitrogens with zero attached hydrogens (tertiary/aromatic N) is 2. The number of likely N-dealkylation sites (tertiary alicyclic amines) is 1. The van der Waals surface area contributed by atoms with Crippen LogP contribution in [0.2, 0.25) is 0 Å². The summed E-state index contributed by atoms with van der Waals surface area (Å²) in [6, 6.07) is 13.3. The van der Waals surface area contributed by atoms with Crippen LogP contribution in [0.5, 0.6) is 0 Å². The second-order valence-corrected chi connectivity index (χ2v) is 10.5. The van der Waals surface area contributed by atoms with E-state index >= 15 is 0 Å². The van der Waals surface area contributed by atoms with Crippen molar-refractivity contribution in [3.8, 4) is 0 Å². The first kappa shape index (κ1) is 24.1. The van der Waals surface area contributed by atoms with E-state index < -0.39 is 11.6 Å². The van der Waals surface area contributed by atoms with Gasteiger partial charge in [0.1, 0.15) is 29.7 Å². The van der Waals surface area contributed by atoms with Crippen molar-refractivity contribution in [3.05, 3.63) is 59.5 Å². The highest BCUT2D eigenvalue weighted by Crippen LogP contribution is 2.37. The van der Waals surface area contributed by atoms with Crippen molar-refractivity contribution in [2.24, 2.45) is 5.92 Å². The van der Waals surface area contributed by atoms with Gasteiger partial charge < -0.3 is 19.7 Å². The molecule has 1 saturated carbocycles. The van der Waals surface area contributed by atoms with Gasteiger partial charge in [-0.05, 0) is 42.9 Å². The van der Waals surface area contributed by atoms with Crippen molar-refractivity contribution < 1.29 is 19.1 Å². The van der Waals surface area contributed by atoms with E-state index in [9.17, 15) is 14.7 Å². The van der Waals surface area contributed by atoms with Gasteiger partial charge in [-0.3, -0.25) is 14.5 Å². The van der Waals surface area contributed by atoms with Crippen LogP contribution in [0.1, 0.15) is 68.5 Å². The minimum Gasteiger partial charge on any atom is -0.462 e. The molecule has 1 aliphatic carbocycles. The van der Waals surface area contributed by atoms with Gasteiger partial charge in [-0.25, -0.2) is 0 Å². The van der Waals surface area contributed by atoms with Gasteiger partial charge in [0.05, 0.1) is 6.54 Å². The van der Waals surface area contributed by atoms with Crippen LogP contribution in [-0.2, 0) is 29.3 Å². The van der Waals surface area contributed by atoms with Crippen molar-refractivity contribution in [3.63, 3.8) is 0 Å². The van der Waals surface area contributed by atoms with Gasteiger partial charge in [-0.2, -0.15) is 0 Å². The minimum atomic E-state index is -0.814. The molecule has 3 heterocycles. The van der Waals surface area contributed by atoms with Crippen molar-refractivity contribution in [2.45, 2.75) is 82.6 Å². The third kappa shape index (κ3) is 5.16. The average molecular weight is 480 g/mol. The molecule has 0 bridgehead atoms. The molecule has 188 valence electrons. The van der Waals surface area contributed by atoms with Crippen molar-refractivity contribution in [1.29, 1.82) is 0 Å². The average Bonchev–Trinajstić information content (AvgIpc) is 3.35. The molecule has 1 unspecified atom stereocenters. The van der Waals surface area contributed by atoms with Crippen LogP contribution in [0.25, 0.3) is 0 Å². The van der Waals surface area contributed by atoms with Crippen LogP contribution in [-0.4, -0.2) is 51.4 Å². The molecule has 2 N–H and O–H groups in total. The van der Waals surface area contributed by atoms with Crippen molar-refractivity contribution >= 4 is 11.8 Å². The Morgan fingerprint density at radius 3 is 2.34 bits per heavy atom. The van der Waals surface area contributed by atoms with E-state index in [1.165, 1.54) is 19.3 Å². The number of benzene rings is 1. The Hall–Kier alpha value is -2.64. The van der Waals surface area contributed by atoms with Crippen LogP contribution in [0.15, 0.2) is 46.9 Å². The Bertz CT molecular complexity index is 1010. The molecule has 1 spiro atoms. The maximum Gasteiger partial charge on any atom is 0.246 e. The van der Waals surface area contributed by atoms with Gasteiger partial charge in [0, 0.05) is 19.6 Å². The minimum absolute atomic E-state index is 0.00839. The fraction of sp³-hybridized carbons (Fsp3) is 0.571. The number of piperazine rings is 1. The summed E-state index contributed by atoms with van der Waals surface area (Å²) in [6.07, 6.45) is 7.99. The smallest absolute Gasteiger partial charge is 0.246 e. The lowest BCUT2D eigenvalue weighted by Crippen LogP contribution is -2.72. The molecule has 7 heteroatoms. The topological polar surface area (TPSA) is 86.0 Å². The van der Waals surface area contributed by atoms with Gasteiger partial charge in [0.15, 0.2) is 0 Å². The predicted molar refractivity (Wildman–Crippen MR) is 132 cm³/mol. The van der Waals surface area contributed by atoms with E-state index in [4.69, 9.17) is 4.42 Å². The third-order valence-corrected chi connectivity index (χ3v) is 8.22. The predicted octanol–water partition coefficient (Wildman–Crippen LogP) is 3.60. The number of furan rings is 1. The highest BCUT2D eigenvalue weighted by molar-refractivity contribution is 6.00. The van der Waals surface area contributed by atoms with Crippen molar-refractivity contribution in [2.75, 3.05) is 13.1 Å². The number of carbonyl (C=O) groups is 2. The molecule has 0 radical (unpaired) electrons. The van der Waals surface area contributed by atoms with Crippen LogP contribution in [0.4, 0.5) is 0 Å². The van der Waals surface area contributed by atoms with E-state index in [0.29, 0.717) is 50.7 Å². The number of hydrogen-bond acceptors (Lipinski definition) is 5. The van der Waals surface area contributed by atoms with Crippen LogP contribution in [0.3, 0.4) is 0 Å². The van der Waals surface area contributed by atoms with E-state index in [2.05, 4.69) is 10.2 Å². The summed E-state index contributed by atoms with van der Waals surface area (Å²) < 4.78 is 5.66. The Kier molecular flexibility index (Phi) is 7.25. The Morgan fingerprint density at radius 2 is 1.66 bits per heavy atom. The standard InChI is InChI=1S/C28H37N3O4/c32-20-24-12-11-23(35-24)19-30-15-13-28(14-16-30)27(34)29-25(17-21-7-3-1-4-8-21)26(33)31(28)18-22-9-5-2-6-10-22/h2,5-6,9-12,21,25,32H,1,3-4,7-8,13-20H2,(H,29,34). The zero-order chi connectivity index (χ0) is 24.3. The Morgan fingerprint density at radius 1 is 0.943 bits per heavy atom. The summed E-state index contributed by atoms with van der Waals surface area (Å²) in [5.41, 5.74) is 0.243. The second-order valence-electron chi connectivity index (χ2n) is 10.5. The summed E-state index contributed by atoms with van der Waals surface area (Å²) in [5, 5.41) is 12.4. The number of nitrogens with one attached hydrogen (secondary N) is 1. The SMILES string of the molecule is O=C1C(CC2CCCCC2)NC(=O)C2(CCN(Cc3ccc(CO)o3)CC2)N1Cc1ccccc1. The summed E-state index contributed by atoms with van der Waals surface area (Å²) >= 11 is 0. The van der Waals surface area contributed by atoms with Crippen LogP contribution >= 0.6 is 0 Å².